The summed E-state index contributed by atoms with van der Waals surface area (Å²) in [5.41, 5.74) is 0.0909. The van der Waals surface area contributed by atoms with Gasteiger partial charge in [0.05, 0.1) is 0 Å². The number of amides is 2. The summed E-state index contributed by atoms with van der Waals surface area (Å²) in [5, 5.41) is 0. The van der Waals surface area contributed by atoms with E-state index in [4.69, 9.17) is 14.2 Å². The number of allylic oxidation sites excluding steroid dienone is 1. The molecule has 1 saturated heterocycles. The Morgan fingerprint density at radius 2 is 1.88 bits per heavy atom. The van der Waals surface area contributed by atoms with Crippen molar-refractivity contribution in [1.82, 2.24) is 4.90 Å². The van der Waals surface area contributed by atoms with Crippen molar-refractivity contribution in [3.05, 3.63) is 11.6 Å². The van der Waals surface area contributed by atoms with E-state index in [-0.39, 0.29) is 12.2 Å². The Balaban J connectivity index is 2.53. The number of hydrogen-bond donors (Lipinski definition) is 0. The van der Waals surface area contributed by atoms with Crippen molar-refractivity contribution in [3.8, 4) is 0 Å². The van der Waals surface area contributed by atoms with Crippen LogP contribution < -0.4 is 0 Å². The van der Waals surface area contributed by atoms with Crippen LogP contribution in [-0.2, 0) is 19.0 Å². The van der Waals surface area contributed by atoms with E-state index in [1.807, 2.05) is 19.9 Å². The first kappa shape index (κ1) is 21.6. The maximum absolute atomic E-state index is 12.5. The summed E-state index contributed by atoms with van der Waals surface area (Å²) >= 11 is 0. The highest BCUT2D eigenvalue weighted by molar-refractivity contribution is 6.03. The maximum Gasteiger partial charge on any atom is 0.417 e. The van der Waals surface area contributed by atoms with E-state index < -0.39 is 11.7 Å². The second-order valence-electron chi connectivity index (χ2n) is 7.04. The summed E-state index contributed by atoms with van der Waals surface area (Å²) < 4.78 is 16.3. The van der Waals surface area contributed by atoms with Gasteiger partial charge in [-0.05, 0) is 66.7 Å². The average molecular weight is 355 g/mol. The minimum absolute atomic E-state index is 0.186. The second-order valence-corrected chi connectivity index (χ2v) is 7.04. The van der Waals surface area contributed by atoms with Crippen LogP contribution >= 0.6 is 0 Å². The lowest BCUT2D eigenvalue weighted by molar-refractivity contribution is -0.139. The third kappa shape index (κ3) is 8.01. The van der Waals surface area contributed by atoms with Crippen molar-refractivity contribution in [2.45, 2.75) is 78.6 Å². The quantitative estimate of drug-likeness (QED) is 0.373. The normalized spacial score (nSPS) is 17.4. The number of ether oxygens (including phenoxy) is 3. The van der Waals surface area contributed by atoms with Crippen molar-refractivity contribution in [2.75, 3.05) is 19.8 Å². The first-order valence-corrected chi connectivity index (χ1v) is 9.25. The monoisotopic (exact) mass is 355 g/mol. The fourth-order valence-corrected chi connectivity index (χ4v) is 2.64. The number of carbonyl (C=O) groups excluding carboxylic acids is 2. The van der Waals surface area contributed by atoms with Gasteiger partial charge in [0.15, 0.2) is 6.29 Å². The molecule has 2 amide bonds. The molecule has 0 aromatic rings. The van der Waals surface area contributed by atoms with Gasteiger partial charge >= 0.3 is 6.09 Å². The molecule has 0 atom stereocenters. The predicted octanol–water partition coefficient (Wildman–Crippen LogP) is 4.04. The van der Waals surface area contributed by atoms with Crippen LogP contribution in [0.3, 0.4) is 0 Å². The smallest absolute Gasteiger partial charge is 0.417 e. The molecular formula is C19H33NO5. The minimum atomic E-state index is -0.605. The number of likely N-dealkylation sites (tertiary alicyclic amines) is 1. The Labute approximate surface area is 151 Å². The Kier molecular flexibility index (Phi) is 9.14. The molecule has 1 rings (SSSR count). The van der Waals surface area contributed by atoms with Gasteiger partial charge in [0.1, 0.15) is 5.60 Å². The molecule has 0 radical (unpaired) electrons. The maximum atomic E-state index is 12.5. The number of rotatable bonds is 8. The van der Waals surface area contributed by atoms with Crippen LogP contribution in [0.5, 0.6) is 0 Å². The Morgan fingerprint density at radius 1 is 1.24 bits per heavy atom. The summed E-state index contributed by atoms with van der Waals surface area (Å²) in [4.78, 5) is 25.9. The lowest BCUT2D eigenvalue weighted by Crippen LogP contribution is -2.44. The molecule has 0 unspecified atom stereocenters. The molecule has 1 heterocycles. The number of nitrogens with zero attached hydrogens (tertiary/aromatic N) is 1. The zero-order valence-electron chi connectivity index (χ0n) is 16.3. The molecule has 6 heteroatoms. The number of piperidine rings is 1. The van der Waals surface area contributed by atoms with E-state index >= 15 is 0 Å². The van der Waals surface area contributed by atoms with Crippen molar-refractivity contribution >= 4 is 12.0 Å². The van der Waals surface area contributed by atoms with Crippen molar-refractivity contribution < 1.29 is 23.8 Å². The number of unbranched alkanes of at least 4 members (excludes halogenated alkanes) is 1. The second kappa shape index (κ2) is 10.6. The van der Waals surface area contributed by atoms with Crippen LogP contribution in [-0.4, -0.2) is 48.5 Å². The zero-order valence-corrected chi connectivity index (χ0v) is 16.3. The molecule has 1 aliphatic rings. The molecule has 0 aromatic carbocycles. The van der Waals surface area contributed by atoms with Crippen LogP contribution in [0.25, 0.3) is 0 Å². The van der Waals surface area contributed by atoms with Gasteiger partial charge in [-0.2, -0.15) is 0 Å². The summed E-state index contributed by atoms with van der Waals surface area (Å²) in [6.07, 6.45) is 5.09. The van der Waals surface area contributed by atoms with Crippen molar-refractivity contribution in [3.63, 3.8) is 0 Å². The van der Waals surface area contributed by atoms with Gasteiger partial charge in [-0.3, -0.25) is 4.79 Å². The van der Waals surface area contributed by atoms with Crippen LogP contribution in [0.4, 0.5) is 4.79 Å². The van der Waals surface area contributed by atoms with Crippen LogP contribution in [0, 0.1) is 0 Å². The Morgan fingerprint density at radius 3 is 2.44 bits per heavy atom. The summed E-state index contributed by atoms with van der Waals surface area (Å²) in [5.74, 6) is -0.230. The fourth-order valence-electron chi connectivity index (χ4n) is 2.64. The standard InChI is InChI=1S/C19H33NO5/c1-6-23-16(24-7-2)13-9-8-11-15-12-10-14-20(17(15)21)18(22)25-19(3,4)5/h11,16H,6-10,12-14H2,1-5H3/b15-11+. The van der Waals surface area contributed by atoms with Crippen LogP contribution in [0.1, 0.15) is 66.7 Å². The fraction of sp³-hybridized carbons (Fsp3) is 0.789. The third-order valence-electron chi connectivity index (χ3n) is 3.70. The van der Waals surface area contributed by atoms with E-state index in [1.54, 1.807) is 20.8 Å². The third-order valence-corrected chi connectivity index (χ3v) is 3.70. The number of imide groups is 1. The molecule has 0 aromatic heterocycles. The molecule has 1 aliphatic heterocycles. The summed E-state index contributed by atoms with van der Waals surface area (Å²) in [6, 6.07) is 0. The topological polar surface area (TPSA) is 65.1 Å². The highest BCUT2D eigenvalue weighted by Crippen LogP contribution is 2.21. The SMILES string of the molecule is CCOC(CCC/C=C1\CCCN(C(=O)OC(C)(C)C)C1=O)OCC. The summed E-state index contributed by atoms with van der Waals surface area (Å²) in [7, 11) is 0. The average Bonchev–Trinajstić information content (AvgIpc) is 2.51. The first-order chi connectivity index (χ1) is 11.8. The molecule has 25 heavy (non-hydrogen) atoms. The summed E-state index contributed by atoms with van der Waals surface area (Å²) in [6.45, 7) is 10.9. The molecule has 0 N–H and O–H groups in total. The first-order valence-electron chi connectivity index (χ1n) is 9.25. The van der Waals surface area contributed by atoms with Crippen LogP contribution in [0.15, 0.2) is 11.6 Å². The molecular weight excluding hydrogens is 322 g/mol. The highest BCUT2D eigenvalue weighted by Gasteiger charge is 2.31. The number of hydrogen-bond acceptors (Lipinski definition) is 5. The van der Waals surface area contributed by atoms with Crippen molar-refractivity contribution in [1.29, 1.82) is 0 Å². The van der Waals surface area contributed by atoms with E-state index in [9.17, 15) is 9.59 Å². The van der Waals surface area contributed by atoms with Gasteiger partial charge < -0.3 is 14.2 Å². The molecule has 0 bridgehead atoms. The van der Waals surface area contributed by atoms with Crippen LogP contribution in [0.2, 0.25) is 0 Å². The largest absolute Gasteiger partial charge is 0.443 e. The van der Waals surface area contributed by atoms with E-state index in [0.717, 1.165) is 25.7 Å². The van der Waals surface area contributed by atoms with E-state index in [1.165, 1.54) is 4.90 Å². The molecule has 0 aliphatic carbocycles. The van der Waals surface area contributed by atoms with E-state index in [0.29, 0.717) is 31.8 Å². The molecule has 144 valence electrons. The van der Waals surface area contributed by atoms with Gasteiger partial charge in [0.2, 0.25) is 0 Å². The molecule has 1 fully saturated rings. The van der Waals surface area contributed by atoms with Gasteiger partial charge in [0, 0.05) is 25.3 Å². The predicted molar refractivity (Wildman–Crippen MR) is 96.2 cm³/mol. The molecule has 0 saturated carbocycles. The molecule has 6 nitrogen and oxygen atoms in total. The van der Waals surface area contributed by atoms with Gasteiger partial charge in [-0.15, -0.1) is 0 Å². The van der Waals surface area contributed by atoms with E-state index in [2.05, 4.69) is 0 Å². The zero-order chi connectivity index (χ0) is 18.9. The molecule has 0 spiro atoms. The Bertz CT molecular complexity index is 461. The highest BCUT2D eigenvalue weighted by atomic mass is 16.7. The van der Waals surface area contributed by atoms with Gasteiger partial charge in [-0.1, -0.05) is 6.08 Å². The Hall–Kier alpha value is -1.40. The lowest BCUT2D eigenvalue weighted by Gasteiger charge is -2.29. The number of carbonyl (C=O) groups is 2. The van der Waals surface area contributed by atoms with Gasteiger partial charge in [0.25, 0.3) is 5.91 Å². The minimum Gasteiger partial charge on any atom is -0.443 e. The lowest BCUT2D eigenvalue weighted by atomic mass is 10.0. The van der Waals surface area contributed by atoms with Crippen molar-refractivity contribution in [2.24, 2.45) is 0 Å². The van der Waals surface area contributed by atoms with Gasteiger partial charge in [-0.25, -0.2) is 9.69 Å².